The SMILES string of the molecule is Cc1cccc(C2=CC3(C)CC(=C(C(=O)Nc4cc(C(=O)NCCN5CCCC5(C)C)cnc4C)CO3)S2)n1. The average molecular weight is 548 g/mol. The van der Waals surface area contributed by atoms with Gasteiger partial charge in [-0.05, 0) is 78.3 Å². The van der Waals surface area contributed by atoms with Gasteiger partial charge in [-0.2, -0.15) is 0 Å². The standard InChI is InChI=1S/C30H37N5O3S/c1-19-8-6-9-23(33-19)26-16-30(5)15-25(39-26)22(18-38-30)28(37)34-24-14-21(17-32-20(24)2)27(36)31-11-13-35-12-7-10-29(35,3)4/h6,8-9,14,16-17H,7,10-13,15,18H2,1-5H3,(H,31,36)(H,34,37). The Kier molecular flexibility index (Phi) is 7.68. The zero-order valence-electron chi connectivity index (χ0n) is 23.4. The minimum absolute atomic E-state index is 0.174. The molecule has 0 saturated carbocycles. The molecule has 9 heteroatoms. The molecule has 1 unspecified atom stereocenters. The van der Waals surface area contributed by atoms with Crippen LogP contribution in [-0.4, -0.2) is 64.1 Å². The summed E-state index contributed by atoms with van der Waals surface area (Å²) < 4.78 is 6.16. The minimum atomic E-state index is -0.481. The summed E-state index contributed by atoms with van der Waals surface area (Å²) in [5.74, 6) is -0.436. The first kappa shape index (κ1) is 27.6. The number of hydrogen-bond donors (Lipinski definition) is 2. The molecule has 0 spiro atoms. The molecule has 5 heterocycles. The first-order chi connectivity index (χ1) is 18.5. The summed E-state index contributed by atoms with van der Waals surface area (Å²) >= 11 is 1.58. The van der Waals surface area contributed by atoms with Crippen molar-refractivity contribution in [1.82, 2.24) is 20.2 Å². The molecule has 2 aromatic heterocycles. The highest BCUT2D eigenvalue weighted by Gasteiger charge is 2.38. The maximum absolute atomic E-state index is 13.5. The lowest BCUT2D eigenvalue weighted by atomic mass is 9.95. The van der Waals surface area contributed by atoms with Gasteiger partial charge >= 0.3 is 0 Å². The molecule has 0 radical (unpaired) electrons. The number of thioether (sulfide) groups is 1. The molecule has 3 aliphatic rings. The van der Waals surface area contributed by atoms with Gasteiger partial charge in [-0.25, -0.2) is 0 Å². The number of amides is 2. The minimum Gasteiger partial charge on any atom is -0.366 e. The summed E-state index contributed by atoms with van der Waals surface area (Å²) in [5.41, 5.74) is 3.69. The maximum Gasteiger partial charge on any atom is 0.254 e. The van der Waals surface area contributed by atoms with Gasteiger partial charge in [0.15, 0.2) is 0 Å². The highest BCUT2D eigenvalue weighted by atomic mass is 32.2. The molecule has 3 aliphatic heterocycles. The number of rotatable bonds is 7. The van der Waals surface area contributed by atoms with Gasteiger partial charge in [0, 0.05) is 46.8 Å². The quantitative estimate of drug-likeness (QED) is 0.511. The Morgan fingerprint density at radius 1 is 1.18 bits per heavy atom. The molecule has 1 atom stereocenters. The second-order valence-corrected chi connectivity index (χ2v) is 12.6. The summed E-state index contributed by atoms with van der Waals surface area (Å²) in [6.45, 7) is 13.0. The number of likely N-dealkylation sites (tertiary alicyclic amines) is 1. The van der Waals surface area contributed by atoms with Crippen molar-refractivity contribution in [3.8, 4) is 0 Å². The predicted molar refractivity (Wildman–Crippen MR) is 155 cm³/mol. The van der Waals surface area contributed by atoms with Crippen LogP contribution in [0.4, 0.5) is 5.69 Å². The van der Waals surface area contributed by atoms with Crippen LogP contribution in [0, 0.1) is 13.8 Å². The second-order valence-electron chi connectivity index (χ2n) is 11.4. The lowest BCUT2D eigenvalue weighted by Crippen LogP contribution is -2.43. The van der Waals surface area contributed by atoms with E-state index < -0.39 is 5.60 Å². The first-order valence-electron chi connectivity index (χ1n) is 13.5. The number of pyridine rings is 2. The normalized spacial score (nSPS) is 22.4. The molecule has 1 fully saturated rings. The summed E-state index contributed by atoms with van der Waals surface area (Å²) in [6, 6.07) is 7.63. The number of fused-ring (bicyclic) bond motifs is 2. The van der Waals surface area contributed by atoms with E-state index in [2.05, 4.69) is 45.4 Å². The van der Waals surface area contributed by atoms with E-state index in [4.69, 9.17) is 4.74 Å². The van der Waals surface area contributed by atoms with Crippen LogP contribution in [0.25, 0.3) is 4.91 Å². The molecule has 0 aliphatic carbocycles. The van der Waals surface area contributed by atoms with E-state index in [0.717, 1.165) is 34.3 Å². The van der Waals surface area contributed by atoms with Gasteiger partial charge in [0.1, 0.15) is 0 Å². The Balaban J connectivity index is 1.28. The molecule has 2 amide bonds. The average Bonchev–Trinajstić information content (AvgIpc) is 3.22. The van der Waals surface area contributed by atoms with Gasteiger partial charge in [-0.15, -0.1) is 0 Å². The summed E-state index contributed by atoms with van der Waals surface area (Å²) in [4.78, 5) is 39.8. The van der Waals surface area contributed by atoms with Crippen molar-refractivity contribution in [2.45, 2.75) is 65.0 Å². The fourth-order valence-corrected chi connectivity index (χ4v) is 6.81. The van der Waals surface area contributed by atoms with E-state index in [1.165, 1.54) is 12.8 Å². The van der Waals surface area contributed by atoms with Gasteiger partial charge in [0.2, 0.25) is 0 Å². The predicted octanol–water partition coefficient (Wildman–Crippen LogP) is 4.86. The Morgan fingerprint density at radius 2 is 2.00 bits per heavy atom. The Morgan fingerprint density at radius 3 is 2.74 bits per heavy atom. The molecule has 206 valence electrons. The van der Waals surface area contributed by atoms with E-state index in [-0.39, 0.29) is 24.0 Å². The number of hydrogen-bond acceptors (Lipinski definition) is 7. The van der Waals surface area contributed by atoms with Crippen molar-refractivity contribution in [2.75, 3.05) is 31.6 Å². The van der Waals surface area contributed by atoms with Gasteiger partial charge in [-0.1, -0.05) is 17.8 Å². The molecule has 5 rings (SSSR count). The summed E-state index contributed by atoms with van der Waals surface area (Å²) in [5, 5.41) is 6.00. The highest BCUT2D eigenvalue weighted by Crippen LogP contribution is 2.48. The zero-order chi connectivity index (χ0) is 27.8. The van der Waals surface area contributed by atoms with Gasteiger partial charge in [-0.3, -0.25) is 24.5 Å². The number of ether oxygens (including phenoxy) is 1. The third kappa shape index (κ3) is 6.10. The Bertz CT molecular complexity index is 1370. The van der Waals surface area contributed by atoms with Crippen LogP contribution in [0.5, 0.6) is 0 Å². The number of nitrogens with one attached hydrogen (secondary N) is 2. The molecule has 2 bridgehead atoms. The fraction of sp³-hybridized carbons (Fsp3) is 0.467. The van der Waals surface area contributed by atoms with Crippen molar-refractivity contribution < 1.29 is 14.3 Å². The summed E-state index contributed by atoms with van der Waals surface area (Å²) in [7, 11) is 0. The van der Waals surface area contributed by atoms with Crippen molar-refractivity contribution in [3.05, 3.63) is 69.7 Å². The topological polar surface area (TPSA) is 96.5 Å². The molecule has 39 heavy (non-hydrogen) atoms. The van der Waals surface area contributed by atoms with Crippen molar-refractivity contribution in [1.29, 1.82) is 0 Å². The molecular formula is C30H37N5O3S. The van der Waals surface area contributed by atoms with Crippen LogP contribution in [0.2, 0.25) is 0 Å². The van der Waals surface area contributed by atoms with Crippen LogP contribution in [-0.2, 0) is 9.53 Å². The van der Waals surface area contributed by atoms with E-state index >= 15 is 0 Å². The van der Waals surface area contributed by atoms with E-state index in [0.29, 0.717) is 35.5 Å². The number of aryl methyl sites for hydroxylation is 2. The van der Waals surface area contributed by atoms with Gasteiger partial charge in [0.25, 0.3) is 11.8 Å². The zero-order valence-corrected chi connectivity index (χ0v) is 24.2. The van der Waals surface area contributed by atoms with Crippen LogP contribution in [0.3, 0.4) is 0 Å². The maximum atomic E-state index is 13.5. The highest BCUT2D eigenvalue weighted by molar-refractivity contribution is 8.11. The first-order valence-corrected chi connectivity index (χ1v) is 14.4. The molecule has 1 saturated heterocycles. The van der Waals surface area contributed by atoms with Crippen LogP contribution in [0.15, 0.2) is 47.0 Å². The van der Waals surface area contributed by atoms with Crippen LogP contribution in [0.1, 0.15) is 67.5 Å². The van der Waals surface area contributed by atoms with Crippen LogP contribution < -0.4 is 10.6 Å². The molecule has 0 aromatic carbocycles. The monoisotopic (exact) mass is 547 g/mol. The molecule has 2 N–H and O–H groups in total. The smallest absolute Gasteiger partial charge is 0.254 e. The largest absolute Gasteiger partial charge is 0.366 e. The fourth-order valence-electron chi connectivity index (χ4n) is 5.39. The van der Waals surface area contributed by atoms with Crippen molar-refractivity contribution >= 4 is 34.2 Å². The third-order valence-corrected chi connectivity index (χ3v) is 9.00. The van der Waals surface area contributed by atoms with Gasteiger partial charge < -0.3 is 15.4 Å². The molecular weight excluding hydrogens is 510 g/mol. The lowest BCUT2D eigenvalue weighted by Gasteiger charge is -2.38. The third-order valence-electron chi connectivity index (χ3n) is 7.82. The van der Waals surface area contributed by atoms with E-state index in [1.54, 1.807) is 24.0 Å². The lowest BCUT2D eigenvalue weighted by molar-refractivity contribution is -0.114. The number of carbonyl (C=O) groups excluding carboxylic acids is 2. The van der Waals surface area contributed by atoms with Crippen molar-refractivity contribution in [3.63, 3.8) is 0 Å². The molecule has 2 aromatic rings. The number of aromatic nitrogens is 2. The van der Waals surface area contributed by atoms with Crippen LogP contribution >= 0.6 is 11.8 Å². The van der Waals surface area contributed by atoms with E-state index in [9.17, 15) is 9.59 Å². The van der Waals surface area contributed by atoms with Gasteiger partial charge in [0.05, 0.1) is 40.4 Å². The van der Waals surface area contributed by atoms with E-state index in [1.807, 2.05) is 39.0 Å². The second kappa shape index (κ2) is 10.9. The Hall–Kier alpha value is -3.01. The molecule has 8 nitrogen and oxygen atoms in total. The number of nitrogens with zero attached hydrogens (tertiary/aromatic N) is 3. The number of carbonyl (C=O) groups is 2. The van der Waals surface area contributed by atoms with Crippen molar-refractivity contribution in [2.24, 2.45) is 0 Å². The Labute approximate surface area is 234 Å². The summed E-state index contributed by atoms with van der Waals surface area (Å²) in [6.07, 6.45) is 6.66. The number of anilines is 1.